The standard InChI is InChI=1S/C15H25NO/c1-9-14(2-3-17-9)16-15-12-5-10-4-11(7-12)8-13(15)6-10/h9-16H,2-8H2,1H3. The fourth-order valence-corrected chi connectivity index (χ4v) is 5.40. The summed E-state index contributed by atoms with van der Waals surface area (Å²) in [5.74, 6) is 4.18. The highest BCUT2D eigenvalue weighted by Crippen LogP contribution is 2.53. The second-order valence-electron chi connectivity index (χ2n) is 7.09. The molecule has 0 radical (unpaired) electrons. The van der Waals surface area contributed by atoms with Gasteiger partial charge in [-0.25, -0.2) is 0 Å². The first kappa shape index (κ1) is 10.8. The molecule has 2 unspecified atom stereocenters. The quantitative estimate of drug-likeness (QED) is 0.794. The van der Waals surface area contributed by atoms with E-state index >= 15 is 0 Å². The summed E-state index contributed by atoms with van der Waals surface area (Å²) >= 11 is 0. The van der Waals surface area contributed by atoms with Crippen molar-refractivity contribution in [3.05, 3.63) is 0 Å². The molecule has 4 aliphatic carbocycles. The normalized spacial score (nSPS) is 56.6. The van der Waals surface area contributed by atoms with E-state index in [0.717, 1.165) is 36.3 Å². The van der Waals surface area contributed by atoms with E-state index in [0.29, 0.717) is 12.1 Å². The molecule has 0 aromatic rings. The molecule has 17 heavy (non-hydrogen) atoms. The summed E-state index contributed by atoms with van der Waals surface area (Å²) in [6, 6.07) is 1.47. The number of nitrogens with one attached hydrogen (secondary N) is 1. The maximum atomic E-state index is 5.70. The summed E-state index contributed by atoms with van der Waals surface area (Å²) in [4.78, 5) is 0. The summed E-state index contributed by atoms with van der Waals surface area (Å²) in [6.45, 7) is 3.20. The third-order valence-electron chi connectivity index (χ3n) is 6.01. The Hall–Kier alpha value is -0.0800. The van der Waals surface area contributed by atoms with Crippen LogP contribution in [0.5, 0.6) is 0 Å². The van der Waals surface area contributed by atoms with Crippen LogP contribution in [0, 0.1) is 23.7 Å². The molecule has 0 spiro atoms. The van der Waals surface area contributed by atoms with Crippen LogP contribution in [0.25, 0.3) is 0 Å². The van der Waals surface area contributed by atoms with E-state index in [1.54, 1.807) is 6.42 Å². The molecule has 1 heterocycles. The van der Waals surface area contributed by atoms with E-state index in [4.69, 9.17) is 4.74 Å². The molecule has 0 amide bonds. The van der Waals surface area contributed by atoms with E-state index in [9.17, 15) is 0 Å². The molecule has 2 heteroatoms. The zero-order valence-electron chi connectivity index (χ0n) is 10.9. The fraction of sp³-hybridized carbons (Fsp3) is 1.00. The highest BCUT2D eigenvalue weighted by Gasteiger charge is 2.48. The lowest BCUT2D eigenvalue weighted by atomic mass is 9.54. The van der Waals surface area contributed by atoms with Crippen LogP contribution in [-0.2, 0) is 4.74 Å². The molecule has 5 rings (SSSR count). The molecule has 4 bridgehead atoms. The number of ether oxygens (including phenoxy) is 1. The van der Waals surface area contributed by atoms with Gasteiger partial charge in [0.25, 0.3) is 0 Å². The van der Waals surface area contributed by atoms with E-state index in [2.05, 4.69) is 12.2 Å². The van der Waals surface area contributed by atoms with Crippen LogP contribution in [0.3, 0.4) is 0 Å². The minimum atomic E-state index is 0.437. The van der Waals surface area contributed by atoms with Crippen molar-refractivity contribution in [1.82, 2.24) is 5.32 Å². The van der Waals surface area contributed by atoms with E-state index in [-0.39, 0.29) is 0 Å². The zero-order chi connectivity index (χ0) is 11.4. The van der Waals surface area contributed by atoms with Crippen LogP contribution in [0.4, 0.5) is 0 Å². The van der Waals surface area contributed by atoms with Crippen LogP contribution in [0.15, 0.2) is 0 Å². The minimum absolute atomic E-state index is 0.437. The molecule has 5 aliphatic rings. The third-order valence-corrected chi connectivity index (χ3v) is 6.01. The van der Waals surface area contributed by atoms with Gasteiger partial charge in [-0.1, -0.05) is 0 Å². The van der Waals surface area contributed by atoms with Gasteiger partial charge in [-0.3, -0.25) is 0 Å². The van der Waals surface area contributed by atoms with Crippen LogP contribution in [-0.4, -0.2) is 24.8 Å². The molecule has 1 aliphatic heterocycles. The van der Waals surface area contributed by atoms with Gasteiger partial charge in [0.05, 0.1) is 6.10 Å². The van der Waals surface area contributed by atoms with E-state index in [1.807, 2.05) is 0 Å². The summed E-state index contributed by atoms with van der Waals surface area (Å²) in [5, 5.41) is 3.99. The van der Waals surface area contributed by atoms with Crippen molar-refractivity contribution in [3.8, 4) is 0 Å². The van der Waals surface area contributed by atoms with E-state index < -0.39 is 0 Å². The van der Waals surface area contributed by atoms with E-state index in [1.165, 1.54) is 32.1 Å². The maximum absolute atomic E-state index is 5.70. The highest BCUT2D eigenvalue weighted by molar-refractivity contribution is 5.02. The highest BCUT2D eigenvalue weighted by atomic mass is 16.5. The summed E-state index contributed by atoms with van der Waals surface area (Å²) in [5.41, 5.74) is 0. The Kier molecular flexibility index (Phi) is 2.52. The topological polar surface area (TPSA) is 21.3 Å². The zero-order valence-corrected chi connectivity index (χ0v) is 10.9. The Morgan fingerprint density at radius 1 is 0.941 bits per heavy atom. The number of rotatable bonds is 2. The average Bonchev–Trinajstić information content (AvgIpc) is 2.68. The van der Waals surface area contributed by atoms with Crippen molar-refractivity contribution in [2.45, 2.75) is 63.6 Å². The van der Waals surface area contributed by atoms with Crippen molar-refractivity contribution in [2.75, 3.05) is 6.61 Å². The molecular weight excluding hydrogens is 210 g/mol. The molecule has 4 saturated carbocycles. The first-order valence-electron chi connectivity index (χ1n) is 7.67. The fourth-order valence-electron chi connectivity index (χ4n) is 5.40. The lowest BCUT2D eigenvalue weighted by Gasteiger charge is -2.55. The summed E-state index contributed by atoms with van der Waals surface area (Å²) in [7, 11) is 0. The van der Waals surface area contributed by atoms with Crippen molar-refractivity contribution in [2.24, 2.45) is 23.7 Å². The largest absolute Gasteiger partial charge is 0.377 e. The monoisotopic (exact) mass is 235 g/mol. The molecule has 1 N–H and O–H groups in total. The average molecular weight is 235 g/mol. The van der Waals surface area contributed by atoms with Crippen molar-refractivity contribution in [3.63, 3.8) is 0 Å². The van der Waals surface area contributed by atoms with Gasteiger partial charge in [0.2, 0.25) is 0 Å². The smallest absolute Gasteiger partial charge is 0.0700 e. The Morgan fingerprint density at radius 3 is 2.12 bits per heavy atom. The first-order chi connectivity index (χ1) is 8.29. The van der Waals surface area contributed by atoms with Gasteiger partial charge in [0.15, 0.2) is 0 Å². The Bertz CT molecular complexity index is 275. The molecular formula is C15H25NO. The Balaban J connectivity index is 1.47. The van der Waals surface area contributed by atoms with Crippen molar-refractivity contribution >= 4 is 0 Å². The van der Waals surface area contributed by atoms with Crippen LogP contribution in [0.2, 0.25) is 0 Å². The molecule has 0 aromatic heterocycles. The predicted molar refractivity (Wildman–Crippen MR) is 67.8 cm³/mol. The molecule has 0 aromatic carbocycles. The summed E-state index contributed by atoms with van der Waals surface area (Å²) < 4.78 is 5.70. The van der Waals surface area contributed by atoms with Gasteiger partial charge >= 0.3 is 0 Å². The van der Waals surface area contributed by atoms with Crippen LogP contribution in [0.1, 0.15) is 45.4 Å². The third kappa shape index (κ3) is 1.76. The van der Waals surface area contributed by atoms with Gasteiger partial charge in [-0.15, -0.1) is 0 Å². The second-order valence-corrected chi connectivity index (χ2v) is 7.09. The number of hydrogen-bond donors (Lipinski definition) is 1. The molecule has 2 atom stereocenters. The number of hydrogen-bond acceptors (Lipinski definition) is 2. The Labute approximate surface area is 104 Å². The molecule has 1 saturated heterocycles. The molecule has 96 valence electrons. The summed E-state index contributed by atoms with van der Waals surface area (Å²) in [6.07, 6.45) is 9.30. The van der Waals surface area contributed by atoms with Gasteiger partial charge in [0.1, 0.15) is 0 Å². The van der Waals surface area contributed by atoms with Crippen molar-refractivity contribution < 1.29 is 4.74 Å². The van der Waals surface area contributed by atoms with Gasteiger partial charge < -0.3 is 10.1 Å². The van der Waals surface area contributed by atoms with Crippen molar-refractivity contribution in [1.29, 1.82) is 0 Å². The van der Waals surface area contributed by atoms with Gasteiger partial charge in [-0.05, 0) is 69.1 Å². The molecule has 5 fully saturated rings. The maximum Gasteiger partial charge on any atom is 0.0700 e. The lowest BCUT2D eigenvalue weighted by Crippen LogP contribution is -2.57. The predicted octanol–water partition coefficient (Wildman–Crippen LogP) is 2.58. The minimum Gasteiger partial charge on any atom is -0.377 e. The van der Waals surface area contributed by atoms with Gasteiger partial charge in [0, 0.05) is 18.7 Å². The molecule has 2 nitrogen and oxygen atoms in total. The van der Waals surface area contributed by atoms with Crippen LogP contribution < -0.4 is 5.32 Å². The first-order valence-corrected chi connectivity index (χ1v) is 7.67. The second kappa shape index (κ2) is 3.96. The van der Waals surface area contributed by atoms with Gasteiger partial charge in [-0.2, -0.15) is 0 Å². The van der Waals surface area contributed by atoms with Crippen LogP contribution >= 0.6 is 0 Å². The lowest BCUT2D eigenvalue weighted by molar-refractivity contribution is -0.0209. The SMILES string of the molecule is CC1OCCC1NC1C2CC3CC(C2)CC1C3. The Morgan fingerprint density at radius 2 is 1.59 bits per heavy atom.